The molecule has 6 heteroatoms. The summed E-state index contributed by atoms with van der Waals surface area (Å²) in [7, 11) is 1.81. The number of rotatable bonds is 3. The van der Waals surface area contributed by atoms with E-state index < -0.39 is 5.97 Å². The second-order valence-electron chi connectivity index (χ2n) is 3.13. The molecule has 0 aliphatic carbocycles. The van der Waals surface area contributed by atoms with Crippen LogP contribution in [0.3, 0.4) is 0 Å². The Morgan fingerprint density at radius 1 is 1.53 bits per heavy atom. The van der Waals surface area contributed by atoms with Crippen LogP contribution in [0.15, 0.2) is 24.5 Å². The zero-order chi connectivity index (χ0) is 10.8. The average molecular weight is 206 g/mol. The third-order valence-corrected chi connectivity index (χ3v) is 2.02. The Kier molecular flexibility index (Phi) is 2.24. The molecule has 0 unspecified atom stereocenters. The van der Waals surface area contributed by atoms with Crippen LogP contribution in [0, 0.1) is 0 Å². The summed E-state index contributed by atoms with van der Waals surface area (Å²) >= 11 is 0. The van der Waals surface area contributed by atoms with Gasteiger partial charge in [0, 0.05) is 19.4 Å². The van der Waals surface area contributed by atoms with Gasteiger partial charge in [-0.2, -0.15) is 10.2 Å². The maximum Gasteiger partial charge on any atom is 0.325 e. The number of carboxylic acid groups (broad SMARTS) is 1. The molecule has 0 amide bonds. The Bertz CT molecular complexity index is 486. The highest BCUT2D eigenvalue weighted by Gasteiger charge is 2.07. The Morgan fingerprint density at radius 2 is 2.33 bits per heavy atom. The van der Waals surface area contributed by atoms with Gasteiger partial charge in [-0.1, -0.05) is 0 Å². The molecular formula is C9H10N4O2. The van der Waals surface area contributed by atoms with Crippen LogP contribution in [-0.2, 0) is 18.4 Å². The van der Waals surface area contributed by atoms with Gasteiger partial charge in [-0.3, -0.25) is 14.2 Å². The highest BCUT2D eigenvalue weighted by atomic mass is 16.4. The number of nitrogens with zero attached hydrogens (tertiary/aromatic N) is 4. The van der Waals surface area contributed by atoms with Gasteiger partial charge in [0.15, 0.2) is 0 Å². The second kappa shape index (κ2) is 3.56. The topological polar surface area (TPSA) is 72.9 Å². The van der Waals surface area contributed by atoms with Gasteiger partial charge in [0.05, 0.1) is 5.69 Å². The molecule has 2 rings (SSSR count). The summed E-state index contributed by atoms with van der Waals surface area (Å²) in [5.74, 6) is -0.908. The van der Waals surface area contributed by atoms with Crippen molar-refractivity contribution in [1.29, 1.82) is 0 Å². The molecule has 6 nitrogen and oxygen atoms in total. The Labute approximate surface area is 85.8 Å². The summed E-state index contributed by atoms with van der Waals surface area (Å²) in [6.45, 7) is -0.127. The molecule has 15 heavy (non-hydrogen) atoms. The summed E-state index contributed by atoms with van der Waals surface area (Å²) in [4.78, 5) is 10.5. The third-order valence-electron chi connectivity index (χ3n) is 2.02. The summed E-state index contributed by atoms with van der Waals surface area (Å²) in [6.07, 6.45) is 3.31. The van der Waals surface area contributed by atoms with E-state index in [1.54, 1.807) is 23.1 Å². The Balaban J connectivity index is 2.28. The lowest BCUT2D eigenvalue weighted by atomic mass is 10.3. The fraction of sp³-hybridized carbons (Fsp3) is 0.222. The highest BCUT2D eigenvalue weighted by molar-refractivity contribution is 5.66. The summed E-state index contributed by atoms with van der Waals surface area (Å²) in [5, 5.41) is 16.7. The van der Waals surface area contributed by atoms with Crippen LogP contribution in [0.4, 0.5) is 0 Å². The summed E-state index contributed by atoms with van der Waals surface area (Å²) < 4.78 is 3.07. The maximum absolute atomic E-state index is 10.5. The van der Waals surface area contributed by atoms with Gasteiger partial charge in [-0.25, -0.2) is 0 Å². The zero-order valence-corrected chi connectivity index (χ0v) is 8.16. The average Bonchev–Trinajstić information content (AvgIpc) is 2.72. The van der Waals surface area contributed by atoms with Gasteiger partial charge in [-0.05, 0) is 12.1 Å². The third kappa shape index (κ3) is 1.88. The van der Waals surface area contributed by atoms with Crippen LogP contribution in [0.5, 0.6) is 0 Å². The molecule has 0 spiro atoms. The highest BCUT2D eigenvalue weighted by Crippen LogP contribution is 2.14. The molecule has 0 bridgehead atoms. The van der Waals surface area contributed by atoms with E-state index in [2.05, 4.69) is 10.2 Å². The maximum atomic E-state index is 10.5. The molecule has 0 saturated heterocycles. The van der Waals surface area contributed by atoms with Gasteiger partial charge in [0.25, 0.3) is 0 Å². The van der Waals surface area contributed by atoms with E-state index in [-0.39, 0.29) is 6.54 Å². The number of aromatic nitrogens is 4. The van der Waals surface area contributed by atoms with Crippen LogP contribution in [0.2, 0.25) is 0 Å². The van der Waals surface area contributed by atoms with Gasteiger partial charge in [-0.15, -0.1) is 0 Å². The van der Waals surface area contributed by atoms with Crippen molar-refractivity contribution in [3.63, 3.8) is 0 Å². The first-order chi connectivity index (χ1) is 7.16. The molecule has 0 atom stereocenters. The lowest BCUT2D eigenvalue weighted by Gasteiger charge is -1.97. The lowest BCUT2D eigenvalue weighted by molar-refractivity contribution is -0.137. The molecule has 2 aromatic rings. The second-order valence-corrected chi connectivity index (χ2v) is 3.13. The number of aliphatic carboxylic acids is 1. The number of hydrogen-bond donors (Lipinski definition) is 1. The van der Waals surface area contributed by atoms with Crippen LogP contribution >= 0.6 is 0 Å². The number of hydrogen-bond acceptors (Lipinski definition) is 3. The molecule has 2 heterocycles. The van der Waals surface area contributed by atoms with Crippen molar-refractivity contribution in [3.05, 3.63) is 24.5 Å². The van der Waals surface area contributed by atoms with Crippen LogP contribution in [0.1, 0.15) is 0 Å². The van der Waals surface area contributed by atoms with Crippen LogP contribution in [0.25, 0.3) is 11.4 Å². The smallest absolute Gasteiger partial charge is 0.325 e. The first kappa shape index (κ1) is 9.45. The minimum absolute atomic E-state index is 0.127. The Hall–Kier alpha value is -2.11. The zero-order valence-electron chi connectivity index (χ0n) is 8.16. The fourth-order valence-electron chi connectivity index (χ4n) is 1.35. The molecule has 0 saturated carbocycles. The van der Waals surface area contributed by atoms with Crippen molar-refractivity contribution in [2.75, 3.05) is 0 Å². The normalized spacial score (nSPS) is 10.5. The van der Waals surface area contributed by atoms with Crippen molar-refractivity contribution in [1.82, 2.24) is 19.6 Å². The van der Waals surface area contributed by atoms with E-state index in [9.17, 15) is 4.79 Å². The SMILES string of the molecule is Cn1nccc1-c1ccn(CC(=O)O)n1. The van der Waals surface area contributed by atoms with Crippen LogP contribution in [-0.4, -0.2) is 30.6 Å². The van der Waals surface area contributed by atoms with Crippen molar-refractivity contribution < 1.29 is 9.90 Å². The minimum atomic E-state index is -0.908. The predicted molar refractivity (Wildman–Crippen MR) is 52.1 cm³/mol. The van der Waals surface area contributed by atoms with E-state index >= 15 is 0 Å². The van der Waals surface area contributed by atoms with E-state index in [1.807, 2.05) is 13.1 Å². The van der Waals surface area contributed by atoms with E-state index in [4.69, 9.17) is 5.11 Å². The van der Waals surface area contributed by atoms with Gasteiger partial charge in [0.2, 0.25) is 0 Å². The lowest BCUT2D eigenvalue weighted by Crippen LogP contribution is -2.09. The number of carbonyl (C=O) groups is 1. The predicted octanol–water partition coefficient (Wildman–Crippen LogP) is 0.368. The van der Waals surface area contributed by atoms with E-state index in [0.717, 1.165) is 11.4 Å². The molecule has 2 aromatic heterocycles. The van der Waals surface area contributed by atoms with E-state index in [0.29, 0.717) is 0 Å². The van der Waals surface area contributed by atoms with Crippen molar-refractivity contribution in [2.24, 2.45) is 7.05 Å². The van der Waals surface area contributed by atoms with Crippen molar-refractivity contribution >= 4 is 5.97 Å². The monoisotopic (exact) mass is 206 g/mol. The van der Waals surface area contributed by atoms with Crippen LogP contribution < -0.4 is 0 Å². The molecule has 0 aliphatic heterocycles. The first-order valence-corrected chi connectivity index (χ1v) is 4.40. The molecule has 0 fully saturated rings. The van der Waals surface area contributed by atoms with Crippen molar-refractivity contribution in [2.45, 2.75) is 6.54 Å². The number of carboxylic acids is 1. The number of aryl methyl sites for hydroxylation is 1. The van der Waals surface area contributed by atoms with Gasteiger partial charge >= 0.3 is 5.97 Å². The van der Waals surface area contributed by atoms with Gasteiger partial charge in [0.1, 0.15) is 12.2 Å². The molecule has 78 valence electrons. The first-order valence-electron chi connectivity index (χ1n) is 4.40. The minimum Gasteiger partial charge on any atom is -0.480 e. The van der Waals surface area contributed by atoms with Gasteiger partial charge < -0.3 is 5.11 Å². The molecule has 1 N–H and O–H groups in total. The van der Waals surface area contributed by atoms with Crippen molar-refractivity contribution in [3.8, 4) is 11.4 Å². The molecule has 0 radical (unpaired) electrons. The van der Waals surface area contributed by atoms with E-state index in [1.165, 1.54) is 4.68 Å². The summed E-state index contributed by atoms with van der Waals surface area (Å²) in [5.41, 5.74) is 1.58. The molecular weight excluding hydrogens is 196 g/mol. The fourth-order valence-corrected chi connectivity index (χ4v) is 1.35. The molecule has 0 aromatic carbocycles. The quantitative estimate of drug-likeness (QED) is 0.787. The standard InChI is InChI=1S/C9H10N4O2/c1-12-8(2-4-10-12)7-3-5-13(11-7)6-9(14)15/h2-5H,6H2,1H3,(H,14,15). The summed E-state index contributed by atoms with van der Waals surface area (Å²) in [6, 6.07) is 3.59. The largest absolute Gasteiger partial charge is 0.480 e. The Morgan fingerprint density at radius 3 is 2.93 bits per heavy atom. The molecule has 0 aliphatic rings.